The Hall–Kier alpha value is -0.0000000000000000555. The van der Waals surface area contributed by atoms with Gasteiger partial charge in [-0.3, -0.25) is 9.59 Å². The van der Waals surface area contributed by atoms with Gasteiger partial charge in [0.25, 0.3) is 0 Å². The molecule has 52 valence electrons. The van der Waals surface area contributed by atoms with Gasteiger partial charge in [0.2, 0.25) is 0 Å². The first-order valence-electron chi connectivity index (χ1n) is 2.34. The van der Waals surface area contributed by atoms with Gasteiger partial charge < -0.3 is 4.74 Å². The van der Waals surface area contributed by atoms with E-state index in [2.05, 4.69) is 23.2 Å². The van der Waals surface area contributed by atoms with Crippen molar-refractivity contribution in [3.63, 3.8) is 0 Å². The highest BCUT2D eigenvalue weighted by molar-refractivity contribution is 7.18. The van der Waals surface area contributed by atoms with Crippen molar-refractivity contribution in [1.82, 2.24) is 0 Å². The van der Waals surface area contributed by atoms with Crippen LogP contribution in [-0.4, -0.2) is 24.3 Å². The second-order valence-electron chi connectivity index (χ2n) is 1.25. The third-order valence-electron chi connectivity index (χ3n) is 0.561. The molecule has 0 aliphatic rings. The third-order valence-corrected chi connectivity index (χ3v) is 1.23. The highest BCUT2D eigenvalue weighted by Gasteiger charge is 2.03. The molecule has 2 atom stereocenters. The molecule has 0 radical (unpaired) electrons. The lowest BCUT2D eigenvalue weighted by Crippen LogP contribution is -2.13. The lowest BCUT2D eigenvalue weighted by molar-refractivity contribution is -0.155. The predicted octanol–water partition coefficient (Wildman–Crippen LogP) is -0.194. The van der Waals surface area contributed by atoms with E-state index >= 15 is 0 Å². The molecular weight excluding hydrogens is 158 g/mol. The van der Waals surface area contributed by atoms with Crippen LogP contribution in [0.25, 0.3) is 0 Å². The Labute approximate surface area is 57.9 Å². The smallest absolute Gasteiger partial charge is 0.317 e. The van der Waals surface area contributed by atoms with Crippen LogP contribution in [0.5, 0.6) is 0 Å². The van der Waals surface area contributed by atoms with E-state index in [4.69, 9.17) is 0 Å². The number of hydrogen-bond acceptors (Lipinski definition) is 3. The fourth-order valence-electron chi connectivity index (χ4n) is 0.210. The molecule has 5 heteroatoms. The van der Waals surface area contributed by atoms with E-state index in [-0.39, 0.29) is 12.3 Å². The monoisotopic (exact) mass is 166 g/mol. The molecule has 0 N–H and O–H groups in total. The number of ether oxygens (including phenoxy) is 1. The topological polar surface area (TPSA) is 43.4 Å². The molecule has 0 heterocycles. The summed E-state index contributed by atoms with van der Waals surface area (Å²) in [7, 11) is 4.34. The van der Waals surface area contributed by atoms with Gasteiger partial charge in [-0.25, -0.2) is 0 Å². The molecular formula is C4H8O3P2. The van der Waals surface area contributed by atoms with Crippen LogP contribution < -0.4 is 0 Å². The van der Waals surface area contributed by atoms with E-state index in [1.54, 1.807) is 0 Å². The van der Waals surface area contributed by atoms with Crippen LogP contribution in [0.4, 0.5) is 0 Å². The van der Waals surface area contributed by atoms with Gasteiger partial charge in [-0.05, 0) is 0 Å². The largest absolute Gasteiger partial charge is 0.393 e. The minimum Gasteiger partial charge on any atom is -0.393 e. The van der Waals surface area contributed by atoms with Crippen molar-refractivity contribution in [1.29, 1.82) is 0 Å². The molecule has 0 saturated carbocycles. The average Bonchev–Trinajstić information content (AvgIpc) is 1.87. The number of carbonyl (C=O) groups excluding carboxylic acids is 2. The van der Waals surface area contributed by atoms with Crippen LogP contribution >= 0.6 is 18.5 Å². The van der Waals surface area contributed by atoms with Gasteiger partial charge in [-0.1, -0.05) is 0 Å². The Kier molecular flexibility index (Phi) is 4.84. The Morgan fingerprint density at radius 3 is 1.67 bits per heavy atom. The molecule has 2 unspecified atom stereocenters. The number of hydrogen-bond donors (Lipinski definition) is 0. The maximum atomic E-state index is 10.3. The van der Waals surface area contributed by atoms with E-state index in [0.29, 0.717) is 0 Å². The summed E-state index contributed by atoms with van der Waals surface area (Å²) in [4.78, 5) is 20.6. The van der Waals surface area contributed by atoms with Gasteiger partial charge in [0.1, 0.15) is 0 Å². The molecule has 0 aromatic carbocycles. The number of rotatable bonds is 2. The average molecular weight is 166 g/mol. The summed E-state index contributed by atoms with van der Waals surface area (Å²) in [5.41, 5.74) is 0. The molecule has 0 amide bonds. The van der Waals surface area contributed by atoms with Crippen molar-refractivity contribution >= 4 is 30.4 Å². The molecule has 3 nitrogen and oxygen atoms in total. The van der Waals surface area contributed by atoms with Crippen molar-refractivity contribution in [2.24, 2.45) is 0 Å². The van der Waals surface area contributed by atoms with Gasteiger partial charge in [0.05, 0.1) is 12.3 Å². The molecule has 0 aromatic heterocycles. The number of carbonyl (C=O) groups is 2. The molecule has 9 heavy (non-hydrogen) atoms. The lowest BCUT2D eigenvalue weighted by atomic mass is 10.7. The molecule has 0 saturated heterocycles. The summed E-state index contributed by atoms with van der Waals surface area (Å²) in [6.45, 7) is 0. The summed E-state index contributed by atoms with van der Waals surface area (Å²) in [5, 5.41) is 0. The van der Waals surface area contributed by atoms with Crippen molar-refractivity contribution in [3.05, 3.63) is 0 Å². The van der Waals surface area contributed by atoms with Crippen molar-refractivity contribution < 1.29 is 14.3 Å². The quantitative estimate of drug-likeness (QED) is 0.324. The SMILES string of the molecule is O=C(CP)OC(=O)CP. The molecule has 0 fully saturated rings. The fraction of sp³-hybridized carbons (Fsp3) is 0.500. The minimum atomic E-state index is -0.507. The first kappa shape index (κ1) is 9.00. The van der Waals surface area contributed by atoms with Crippen LogP contribution in [0, 0.1) is 0 Å². The second kappa shape index (κ2) is 4.84. The zero-order valence-corrected chi connectivity index (χ0v) is 7.10. The van der Waals surface area contributed by atoms with E-state index in [1.807, 2.05) is 0 Å². The minimum absolute atomic E-state index is 0.163. The van der Waals surface area contributed by atoms with Crippen LogP contribution in [0.3, 0.4) is 0 Å². The van der Waals surface area contributed by atoms with Gasteiger partial charge in [-0.15, -0.1) is 18.5 Å². The van der Waals surface area contributed by atoms with Crippen LogP contribution in [0.2, 0.25) is 0 Å². The summed E-state index contributed by atoms with van der Waals surface area (Å²) >= 11 is 0. The first-order valence-corrected chi connectivity index (χ1v) is 3.97. The highest BCUT2D eigenvalue weighted by Crippen LogP contribution is 1.89. The summed E-state index contributed by atoms with van der Waals surface area (Å²) in [5.74, 6) is -1.01. The van der Waals surface area contributed by atoms with E-state index in [9.17, 15) is 9.59 Å². The van der Waals surface area contributed by atoms with Gasteiger partial charge in [0.15, 0.2) is 0 Å². The van der Waals surface area contributed by atoms with E-state index < -0.39 is 11.9 Å². The third kappa shape index (κ3) is 4.50. The van der Waals surface area contributed by atoms with Gasteiger partial charge in [-0.2, -0.15) is 0 Å². The van der Waals surface area contributed by atoms with E-state index in [1.165, 1.54) is 0 Å². The van der Waals surface area contributed by atoms with Crippen LogP contribution in [0.15, 0.2) is 0 Å². The summed E-state index contributed by atoms with van der Waals surface area (Å²) < 4.78 is 4.23. The van der Waals surface area contributed by atoms with Crippen LogP contribution in [0.1, 0.15) is 0 Å². The standard InChI is InChI=1S/C4H8O3P2/c5-3(1-8)7-4(6)2-9/h1-2,8-9H2. The van der Waals surface area contributed by atoms with Crippen molar-refractivity contribution in [2.45, 2.75) is 0 Å². The molecule has 0 aliphatic carbocycles. The summed E-state index contributed by atoms with van der Waals surface area (Å²) in [6.07, 6.45) is 0.326. The normalized spacial score (nSPS) is 8.67. The van der Waals surface area contributed by atoms with Gasteiger partial charge >= 0.3 is 11.9 Å². The van der Waals surface area contributed by atoms with Crippen molar-refractivity contribution in [3.8, 4) is 0 Å². The zero-order chi connectivity index (χ0) is 7.28. The molecule has 0 aliphatic heterocycles. The van der Waals surface area contributed by atoms with Crippen LogP contribution in [-0.2, 0) is 14.3 Å². The molecule has 0 rings (SSSR count). The molecule has 0 aromatic rings. The first-order chi connectivity index (χ1) is 4.20. The second-order valence-corrected chi connectivity index (χ2v) is 2.07. The maximum Gasteiger partial charge on any atom is 0.317 e. The Morgan fingerprint density at radius 2 is 1.44 bits per heavy atom. The summed E-state index contributed by atoms with van der Waals surface area (Å²) in [6, 6.07) is 0. The Balaban J connectivity index is 3.47. The Bertz CT molecular complexity index is 109. The zero-order valence-electron chi connectivity index (χ0n) is 4.79. The highest BCUT2D eigenvalue weighted by atomic mass is 31.0. The fourth-order valence-corrected chi connectivity index (χ4v) is 0.377. The Morgan fingerprint density at radius 1 is 1.11 bits per heavy atom. The van der Waals surface area contributed by atoms with Gasteiger partial charge in [0, 0.05) is 0 Å². The van der Waals surface area contributed by atoms with Crippen molar-refractivity contribution in [2.75, 3.05) is 12.3 Å². The molecule has 0 bridgehead atoms. The maximum absolute atomic E-state index is 10.3. The lowest BCUT2D eigenvalue weighted by Gasteiger charge is -1.95. The van der Waals surface area contributed by atoms with E-state index in [0.717, 1.165) is 0 Å². The predicted molar refractivity (Wildman–Crippen MR) is 40.3 cm³/mol. The molecule has 0 spiro atoms. The number of esters is 2.